The fourth-order valence-electron chi connectivity index (χ4n) is 2.01. The van der Waals surface area contributed by atoms with Crippen molar-refractivity contribution in [2.75, 3.05) is 11.1 Å². The van der Waals surface area contributed by atoms with Crippen molar-refractivity contribution in [1.82, 2.24) is 0 Å². The summed E-state index contributed by atoms with van der Waals surface area (Å²) < 4.78 is 0. The van der Waals surface area contributed by atoms with Gasteiger partial charge in [0.2, 0.25) is 0 Å². The number of nitrogens with one attached hydrogen (secondary N) is 1. The summed E-state index contributed by atoms with van der Waals surface area (Å²) >= 11 is 0. The zero-order valence-corrected chi connectivity index (χ0v) is 11.0. The number of benzene rings is 2. The average molecular weight is 240 g/mol. The molecule has 2 aromatic rings. The lowest BCUT2D eigenvalue weighted by molar-refractivity contribution is 1.10. The monoisotopic (exact) mass is 240 g/mol. The van der Waals surface area contributed by atoms with Crippen LogP contribution in [0.5, 0.6) is 0 Å². The molecule has 0 radical (unpaired) electrons. The molecule has 18 heavy (non-hydrogen) atoms. The third-order valence-electron chi connectivity index (χ3n) is 3.03. The van der Waals surface area contributed by atoms with Crippen LogP contribution in [0.2, 0.25) is 0 Å². The zero-order valence-electron chi connectivity index (χ0n) is 11.0. The maximum absolute atomic E-state index is 5.83. The Morgan fingerprint density at radius 1 is 1.00 bits per heavy atom. The first-order chi connectivity index (χ1) is 8.67. The van der Waals surface area contributed by atoms with E-state index in [4.69, 9.17) is 5.73 Å². The van der Waals surface area contributed by atoms with E-state index in [9.17, 15) is 0 Å². The Morgan fingerprint density at radius 2 is 1.67 bits per heavy atom. The van der Waals surface area contributed by atoms with E-state index in [1.807, 2.05) is 12.1 Å². The second kappa shape index (κ2) is 5.58. The van der Waals surface area contributed by atoms with E-state index in [0.29, 0.717) is 0 Å². The van der Waals surface area contributed by atoms with Crippen LogP contribution in [-0.4, -0.2) is 0 Å². The summed E-state index contributed by atoms with van der Waals surface area (Å²) in [5, 5.41) is 3.40. The molecule has 0 amide bonds. The number of nitrogen functional groups attached to an aromatic ring is 1. The van der Waals surface area contributed by atoms with Crippen LogP contribution in [0.1, 0.15) is 23.6 Å². The number of aryl methyl sites for hydroxylation is 2. The van der Waals surface area contributed by atoms with Gasteiger partial charge in [0.25, 0.3) is 0 Å². The smallest absolute Gasteiger partial charge is 0.0400 e. The fraction of sp³-hybridized carbons (Fsp3) is 0.250. The van der Waals surface area contributed by atoms with Gasteiger partial charge in [0.15, 0.2) is 0 Å². The molecular weight excluding hydrogens is 220 g/mol. The molecular formula is C16H20N2. The van der Waals surface area contributed by atoms with Crippen molar-refractivity contribution in [1.29, 1.82) is 0 Å². The van der Waals surface area contributed by atoms with Gasteiger partial charge in [-0.15, -0.1) is 0 Å². The number of rotatable bonds is 4. The van der Waals surface area contributed by atoms with Gasteiger partial charge in [0.05, 0.1) is 0 Å². The molecule has 0 saturated heterocycles. The van der Waals surface area contributed by atoms with E-state index in [2.05, 4.69) is 49.5 Å². The van der Waals surface area contributed by atoms with Crippen molar-refractivity contribution in [3.8, 4) is 0 Å². The molecule has 0 heterocycles. The minimum atomic E-state index is 0.804. The van der Waals surface area contributed by atoms with Gasteiger partial charge >= 0.3 is 0 Å². The molecule has 0 aromatic heterocycles. The fourth-order valence-corrected chi connectivity index (χ4v) is 2.01. The standard InChI is InChI=1S/C16H20N2/c1-3-13-4-6-14(7-5-13)11-18-16-9-12(2)8-15(17)10-16/h4-10,18H,3,11,17H2,1-2H3. The van der Waals surface area contributed by atoms with Crippen LogP contribution in [0, 0.1) is 6.92 Å². The van der Waals surface area contributed by atoms with E-state index in [1.165, 1.54) is 16.7 Å². The maximum atomic E-state index is 5.83. The van der Waals surface area contributed by atoms with Gasteiger partial charge in [-0.25, -0.2) is 0 Å². The second-order valence-electron chi connectivity index (χ2n) is 4.66. The highest BCUT2D eigenvalue weighted by Crippen LogP contribution is 2.17. The molecule has 2 heteroatoms. The molecule has 2 aromatic carbocycles. The van der Waals surface area contributed by atoms with Gasteiger partial charge in [0.1, 0.15) is 0 Å². The highest BCUT2D eigenvalue weighted by atomic mass is 14.9. The van der Waals surface area contributed by atoms with Crippen LogP contribution >= 0.6 is 0 Å². The average Bonchev–Trinajstić information content (AvgIpc) is 2.36. The van der Waals surface area contributed by atoms with Crippen LogP contribution in [0.3, 0.4) is 0 Å². The largest absolute Gasteiger partial charge is 0.399 e. The molecule has 3 N–H and O–H groups in total. The number of hydrogen-bond donors (Lipinski definition) is 2. The van der Waals surface area contributed by atoms with Crippen LogP contribution in [0.4, 0.5) is 11.4 Å². The van der Waals surface area contributed by atoms with Gasteiger partial charge in [0, 0.05) is 17.9 Å². The van der Waals surface area contributed by atoms with E-state index in [-0.39, 0.29) is 0 Å². The summed E-state index contributed by atoms with van der Waals surface area (Å²) in [5.41, 5.74) is 11.5. The quantitative estimate of drug-likeness (QED) is 0.799. The molecule has 0 saturated carbocycles. The maximum Gasteiger partial charge on any atom is 0.0400 e. The third kappa shape index (κ3) is 3.27. The molecule has 0 aliphatic carbocycles. The van der Waals surface area contributed by atoms with Crippen LogP contribution in [0.25, 0.3) is 0 Å². The van der Waals surface area contributed by atoms with Crippen LogP contribution < -0.4 is 11.1 Å². The van der Waals surface area contributed by atoms with Gasteiger partial charge in [-0.1, -0.05) is 31.2 Å². The van der Waals surface area contributed by atoms with E-state index in [1.54, 1.807) is 0 Å². The van der Waals surface area contributed by atoms with Crippen molar-refractivity contribution in [2.45, 2.75) is 26.8 Å². The predicted octanol–water partition coefficient (Wildman–Crippen LogP) is 3.75. The van der Waals surface area contributed by atoms with Crippen molar-refractivity contribution in [2.24, 2.45) is 0 Å². The number of anilines is 2. The molecule has 0 spiro atoms. The molecule has 0 bridgehead atoms. The van der Waals surface area contributed by atoms with Gasteiger partial charge in [-0.05, 0) is 48.2 Å². The molecule has 0 atom stereocenters. The minimum absolute atomic E-state index is 0.804. The zero-order chi connectivity index (χ0) is 13.0. The Kier molecular flexibility index (Phi) is 3.88. The predicted molar refractivity (Wildman–Crippen MR) is 78.7 cm³/mol. The normalized spacial score (nSPS) is 10.3. The highest BCUT2D eigenvalue weighted by molar-refractivity contribution is 5.56. The second-order valence-corrected chi connectivity index (χ2v) is 4.66. The summed E-state index contributed by atoms with van der Waals surface area (Å²) in [6.45, 7) is 5.05. The highest BCUT2D eigenvalue weighted by Gasteiger charge is 1.97. The Labute approximate surface area is 109 Å². The molecule has 94 valence electrons. The lowest BCUT2D eigenvalue weighted by Gasteiger charge is -2.09. The first kappa shape index (κ1) is 12.5. The van der Waals surface area contributed by atoms with E-state index >= 15 is 0 Å². The molecule has 2 rings (SSSR count). The summed E-state index contributed by atoms with van der Waals surface area (Å²) in [6, 6.07) is 14.8. The molecule has 2 nitrogen and oxygen atoms in total. The van der Waals surface area contributed by atoms with E-state index < -0.39 is 0 Å². The van der Waals surface area contributed by atoms with Crippen LogP contribution in [-0.2, 0) is 13.0 Å². The molecule has 0 unspecified atom stereocenters. The Bertz CT molecular complexity index is 495. The Hall–Kier alpha value is -1.96. The Balaban J connectivity index is 2.01. The molecule has 0 aliphatic rings. The van der Waals surface area contributed by atoms with E-state index in [0.717, 1.165) is 24.3 Å². The summed E-state index contributed by atoms with van der Waals surface area (Å²) in [6.07, 6.45) is 1.09. The number of nitrogens with two attached hydrogens (primary N) is 1. The third-order valence-corrected chi connectivity index (χ3v) is 3.03. The van der Waals surface area contributed by atoms with Crippen molar-refractivity contribution >= 4 is 11.4 Å². The van der Waals surface area contributed by atoms with Crippen LogP contribution in [0.15, 0.2) is 42.5 Å². The van der Waals surface area contributed by atoms with Gasteiger partial charge < -0.3 is 11.1 Å². The number of hydrogen-bond acceptors (Lipinski definition) is 2. The van der Waals surface area contributed by atoms with Gasteiger partial charge in [-0.2, -0.15) is 0 Å². The first-order valence-electron chi connectivity index (χ1n) is 6.36. The van der Waals surface area contributed by atoms with Crippen molar-refractivity contribution in [3.63, 3.8) is 0 Å². The van der Waals surface area contributed by atoms with Gasteiger partial charge in [-0.3, -0.25) is 0 Å². The Morgan fingerprint density at radius 3 is 2.28 bits per heavy atom. The minimum Gasteiger partial charge on any atom is -0.399 e. The lowest BCUT2D eigenvalue weighted by atomic mass is 10.1. The summed E-state index contributed by atoms with van der Waals surface area (Å²) in [4.78, 5) is 0. The van der Waals surface area contributed by atoms with Crippen molar-refractivity contribution < 1.29 is 0 Å². The summed E-state index contributed by atoms with van der Waals surface area (Å²) in [7, 11) is 0. The lowest BCUT2D eigenvalue weighted by Crippen LogP contribution is -2.00. The summed E-state index contributed by atoms with van der Waals surface area (Å²) in [5.74, 6) is 0. The topological polar surface area (TPSA) is 38.0 Å². The molecule has 0 fully saturated rings. The SMILES string of the molecule is CCc1ccc(CNc2cc(C)cc(N)c2)cc1. The van der Waals surface area contributed by atoms with Crippen molar-refractivity contribution in [3.05, 3.63) is 59.2 Å². The molecule has 0 aliphatic heterocycles. The first-order valence-corrected chi connectivity index (χ1v) is 6.36.